The summed E-state index contributed by atoms with van der Waals surface area (Å²) >= 11 is 15.5. The summed E-state index contributed by atoms with van der Waals surface area (Å²) in [6.45, 7) is 0. The summed E-state index contributed by atoms with van der Waals surface area (Å²) in [4.78, 5) is 8.83. The third kappa shape index (κ3) is 3.57. The van der Waals surface area contributed by atoms with Crippen molar-refractivity contribution in [1.29, 1.82) is 0 Å². The molecule has 0 saturated carbocycles. The van der Waals surface area contributed by atoms with Gasteiger partial charge in [0.1, 0.15) is 0 Å². The molecule has 10 heteroatoms. The Kier molecular flexibility index (Phi) is 4.62. The Morgan fingerprint density at radius 2 is 1.46 bits per heavy atom. The van der Waals surface area contributed by atoms with Crippen LogP contribution >= 0.6 is 39.1 Å². The molecule has 2 aromatic heterocycles. The van der Waals surface area contributed by atoms with E-state index in [0.29, 0.717) is 33.0 Å². The molecule has 0 aliphatic rings. The van der Waals surface area contributed by atoms with Crippen LogP contribution in [0.3, 0.4) is 0 Å². The average Bonchev–Trinajstić information content (AvgIpc) is 3.06. The predicted octanol–water partition coefficient (Wildman–Crippen LogP) is 5.57. The van der Waals surface area contributed by atoms with Crippen molar-refractivity contribution < 1.29 is 4.63 Å². The van der Waals surface area contributed by atoms with Crippen LogP contribution < -0.4 is 10.6 Å². The number of aromatic nitrogens is 4. The Labute approximate surface area is 165 Å². The lowest BCUT2D eigenvalue weighted by Gasteiger charge is -2.12. The summed E-state index contributed by atoms with van der Waals surface area (Å²) in [6.07, 6.45) is 0. The van der Waals surface area contributed by atoms with Crippen molar-refractivity contribution in [3.05, 3.63) is 57.0 Å². The maximum absolute atomic E-state index is 6.08. The van der Waals surface area contributed by atoms with Gasteiger partial charge in [0.15, 0.2) is 11.6 Å². The highest BCUT2D eigenvalue weighted by Gasteiger charge is 2.14. The lowest BCUT2D eigenvalue weighted by Crippen LogP contribution is -2.03. The second-order valence-corrected chi connectivity index (χ2v) is 6.95. The molecule has 0 aliphatic carbocycles. The number of fused-ring (bicyclic) bond motifs is 1. The number of hydrogen-bond acceptors (Lipinski definition) is 7. The minimum absolute atomic E-state index is 0.285. The summed E-state index contributed by atoms with van der Waals surface area (Å²) < 4.78 is 5.63. The van der Waals surface area contributed by atoms with Gasteiger partial charge in [0.05, 0.1) is 10.0 Å². The van der Waals surface area contributed by atoms with Crippen LogP contribution in [0.5, 0.6) is 0 Å². The van der Waals surface area contributed by atoms with E-state index in [4.69, 9.17) is 27.8 Å². The van der Waals surface area contributed by atoms with Gasteiger partial charge in [-0.05, 0) is 46.7 Å². The molecule has 0 bridgehead atoms. The van der Waals surface area contributed by atoms with Gasteiger partial charge in [-0.1, -0.05) is 45.2 Å². The molecule has 0 aliphatic heterocycles. The highest BCUT2D eigenvalue weighted by molar-refractivity contribution is 9.10. The third-order valence-electron chi connectivity index (χ3n) is 3.38. The van der Waals surface area contributed by atoms with Gasteiger partial charge in [0, 0.05) is 15.8 Å². The number of nitrogens with one attached hydrogen (secondary N) is 2. The summed E-state index contributed by atoms with van der Waals surface area (Å²) in [5.41, 5.74) is 2.10. The van der Waals surface area contributed by atoms with Crippen LogP contribution in [0.1, 0.15) is 0 Å². The van der Waals surface area contributed by atoms with Crippen LogP contribution in [0.15, 0.2) is 51.6 Å². The van der Waals surface area contributed by atoms with Crippen molar-refractivity contribution in [2.45, 2.75) is 0 Å². The molecule has 4 rings (SSSR count). The Morgan fingerprint density at radius 3 is 2.08 bits per heavy atom. The molecule has 0 fully saturated rings. The fourth-order valence-corrected chi connectivity index (χ4v) is 2.92. The van der Waals surface area contributed by atoms with Crippen LogP contribution in [-0.4, -0.2) is 20.3 Å². The van der Waals surface area contributed by atoms with Crippen LogP contribution in [0.4, 0.5) is 23.0 Å². The van der Waals surface area contributed by atoms with Crippen LogP contribution in [-0.2, 0) is 0 Å². The van der Waals surface area contributed by atoms with E-state index in [9.17, 15) is 0 Å². The molecule has 26 heavy (non-hydrogen) atoms. The molecule has 0 unspecified atom stereocenters. The fourth-order valence-electron chi connectivity index (χ4n) is 2.23. The molecule has 0 saturated heterocycles. The van der Waals surface area contributed by atoms with Crippen LogP contribution in [0, 0.1) is 0 Å². The first-order valence-corrected chi connectivity index (χ1v) is 8.88. The largest absolute Gasteiger partial charge is 0.337 e. The molecule has 2 N–H and O–H groups in total. The van der Waals surface area contributed by atoms with Crippen molar-refractivity contribution in [3.63, 3.8) is 0 Å². The minimum atomic E-state index is 0.285. The lowest BCUT2D eigenvalue weighted by molar-refractivity contribution is 0.314. The summed E-state index contributed by atoms with van der Waals surface area (Å²) in [7, 11) is 0. The molecule has 130 valence electrons. The Hall–Kier alpha value is -2.42. The van der Waals surface area contributed by atoms with Crippen molar-refractivity contribution in [2.75, 3.05) is 10.6 Å². The monoisotopic (exact) mass is 450 g/mol. The van der Waals surface area contributed by atoms with Gasteiger partial charge < -0.3 is 10.6 Å². The van der Waals surface area contributed by atoms with E-state index in [1.165, 1.54) is 0 Å². The second-order valence-electron chi connectivity index (χ2n) is 5.22. The smallest absolute Gasteiger partial charge is 0.245 e. The van der Waals surface area contributed by atoms with E-state index >= 15 is 0 Å². The van der Waals surface area contributed by atoms with Gasteiger partial charge in [-0.25, -0.2) is 14.6 Å². The van der Waals surface area contributed by atoms with Crippen molar-refractivity contribution >= 4 is 73.4 Å². The van der Waals surface area contributed by atoms with E-state index in [-0.39, 0.29) is 5.65 Å². The maximum atomic E-state index is 6.08. The van der Waals surface area contributed by atoms with Crippen molar-refractivity contribution in [2.24, 2.45) is 0 Å². The van der Waals surface area contributed by atoms with Crippen molar-refractivity contribution in [3.8, 4) is 0 Å². The number of nitrogens with zero attached hydrogens (tertiary/aromatic N) is 4. The molecule has 0 amide bonds. The van der Waals surface area contributed by atoms with Gasteiger partial charge in [-0.3, -0.25) is 0 Å². The molecule has 0 atom stereocenters. The number of halogens is 3. The first kappa shape index (κ1) is 17.0. The SMILES string of the molecule is Clc1ccc(Nc2nc3nonc3nc2Nc2cccc(Br)c2)cc1Cl. The zero-order chi connectivity index (χ0) is 18.1. The lowest BCUT2D eigenvalue weighted by atomic mass is 10.3. The molecule has 4 aromatic rings. The number of anilines is 4. The summed E-state index contributed by atoms with van der Waals surface area (Å²) in [5, 5.41) is 14.7. The summed E-state index contributed by atoms with van der Waals surface area (Å²) in [6, 6.07) is 12.8. The number of hydrogen-bond donors (Lipinski definition) is 2. The van der Waals surface area contributed by atoms with Gasteiger partial charge in [-0.2, -0.15) is 0 Å². The molecule has 2 heterocycles. The Bertz CT molecular complexity index is 1100. The van der Waals surface area contributed by atoms with Crippen LogP contribution in [0.2, 0.25) is 10.0 Å². The Morgan fingerprint density at radius 1 is 0.808 bits per heavy atom. The average molecular weight is 452 g/mol. The van der Waals surface area contributed by atoms with Gasteiger partial charge in [0.25, 0.3) is 0 Å². The standard InChI is InChI=1S/C16H9BrCl2N6O/c17-8-2-1-3-9(6-8)20-13-14(23-16-15(22-13)24-26-25-16)21-10-4-5-11(18)12(19)7-10/h1-7H,(H,20,22,24)(H,21,23,25). The zero-order valence-corrected chi connectivity index (χ0v) is 16.0. The molecule has 0 radical (unpaired) electrons. The minimum Gasteiger partial charge on any atom is -0.337 e. The first-order valence-electron chi connectivity index (χ1n) is 7.33. The quantitative estimate of drug-likeness (QED) is 0.419. The van der Waals surface area contributed by atoms with E-state index in [2.05, 4.69) is 46.8 Å². The molecular weight excluding hydrogens is 443 g/mol. The molecule has 2 aromatic carbocycles. The van der Waals surface area contributed by atoms with Gasteiger partial charge in [0.2, 0.25) is 11.3 Å². The molecular formula is C16H9BrCl2N6O. The number of rotatable bonds is 4. The highest BCUT2D eigenvalue weighted by Crippen LogP contribution is 2.30. The van der Waals surface area contributed by atoms with Gasteiger partial charge in [-0.15, -0.1) is 0 Å². The molecule has 7 nitrogen and oxygen atoms in total. The normalized spacial score (nSPS) is 10.9. The molecule has 0 spiro atoms. The topological polar surface area (TPSA) is 88.8 Å². The van der Waals surface area contributed by atoms with E-state index in [1.807, 2.05) is 24.3 Å². The van der Waals surface area contributed by atoms with Gasteiger partial charge >= 0.3 is 0 Å². The fraction of sp³-hybridized carbons (Fsp3) is 0. The van der Waals surface area contributed by atoms with E-state index in [0.717, 1.165) is 10.2 Å². The number of benzene rings is 2. The van der Waals surface area contributed by atoms with Crippen molar-refractivity contribution in [1.82, 2.24) is 20.3 Å². The highest BCUT2D eigenvalue weighted by atomic mass is 79.9. The summed E-state index contributed by atoms with van der Waals surface area (Å²) in [5.74, 6) is 0.893. The van der Waals surface area contributed by atoms with E-state index < -0.39 is 0 Å². The third-order valence-corrected chi connectivity index (χ3v) is 4.62. The second kappa shape index (κ2) is 7.06. The maximum Gasteiger partial charge on any atom is 0.245 e. The predicted molar refractivity (Wildman–Crippen MR) is 105 cm³/mol. The van der Waals surface area contributed by atoms with Crippen LogP contribution in [0.25, 0.3) is 11.3 Å². The van der Waals surface area contributed by atoms with E-state index in [1.54, 1.807) is 18.2 Å². The Balaban J connectivity index is 1.74. The zero-order valence-electron chi connectivity index (χ0n) is 12.9. The first-order chi connectivity index (χ1) is 12.6.